The second-order valence-corrected chi connectivity index (χ2v) is 8.81. The summed E-state index contributed by atoms with van der Waals surface area (Å²) in [6, 6.07) is 10.1. The van der Waals surface area contributed by atoms with Crippen LogP contribution in [-0.2, 0) is 21.2 Å². The molecule has 0 saturated heterocycles. The van der Waals surface area contributed by atoms with Crippen molar-refractivity contribution in [3.8, 4) is 5.75 Å². The van der Waals surface area contributed by atoms with Gasteiger partial charge in [-0.05, 0) is 49.6 Å². The van der Waals surface area contributed by atoms with Crippen LogP contribution < -0.4 is 10.1 Å². The summed E-state index contributed by atoms with van der Waals surface area (Å²) in [6.07, 6.45) is 0.762. The lowest BCUT2D eigenvalue weighted by Gasteiger charge is -2.21. The largest absolute Gasteiger partial charge is 0.492 e. The van der Waals surface area contributed by atoms with Gasteiger partial charge in [-0.15, -0.1) is 0 Å². The average molecular weight is 439 g/mol. The maximum Gasteiger partial charge on any atom is 0.243 e. The zero-order chi connectivity index (χ0) is 21.6. The van der Waals surface area contributed by atoms with Crippen LogP contribution in [0.2, 0.25) is 5.02 Å². The molecule has 0 unspecified atom stereocenters. The molecule has 1 amide bonds. The van der Waals surface area contributed by atoms with Crippen molar-refractivity contribution < 1.29 is 17.9 Å². The van der Waals surface area contributed by atoms with Crippen LogP contribution in [-0.4, -0.2) is 38.3 Å². The van der Waals surface area contributed by atoms with Gasteiger partial charge >= 0.3 is 0 Å². The first kappa shape index (κ1) is 23.2. The zero-order valence-corrected chi connectivity index (χ0v) is 18.7. The Bertz CT molecular complexity index is 977. The Hall–Kier alpha value is -2.09. The van der Waals surface area contributed by atoms with Gasteiger partial charge < -0.3 is 10.1 Å². The number of hydrogen-bond acceptors (Lipinski definition) is 4. The van der Waals surface area contributed by atoms with E-state index < -0.39 is 15.9 Å². The molecule has 0 heterocycles. The maximum atomic E-state index is 13.0. The normalized spacial score (nSPS) is 11.5. The number of anilines is 1. The second kappa shape index (κ2) is 10.1. The van der Waals surface area contributed by atoms with Crippen molar-refractivity contribution in [1.82, 2.24) is 4.31 Å². The Kier molecular flexibility index (Phi) is 8.07. The number of likely N-dealkylation sites (N-methyl/N-ethyl adjacent to an activating group) is 1. The van der Waals surface area contributed by atoms with Crippen molar-refractivity contribution in [1.29, 1.82) is 0 Å². The van der Waals surface area contributed by atoms with Gasteiger partial charge in [0.1, 0.15) is 5.75 Å². The van der Waals surface area contributed by atoms with E-state index in [0.29, 0.717) is 12.4 Å². The van der Waals surface area contributed by atoms with E-state index in [1.807, 2.05) is 39.0 Å². The van der Waals surface area contributed by atoms with E-state index in [4.69, 9.17) is 16.3 Å². The van der Waals surface area contributed by atoms with Gasteiger partial charge in [-0.3, -0.25) is 4.79 Å². The molecule has 2 aromatic carbocycles. The molecule has 29 heavy (non-hydrogen) atoms. The number of carbonyl (C=O) groups is 1. The number of aryl methyl sites for hydroxylation is 2. The quantitative estimate of drug-likeness (QED) is 0.634. The number of para-hydroxylation sites is 1. The average Bonchev–Trinajstić information content (AvgIpc) is 2.69. The van der Waals surface area contributed by atoms with Crippen LogP contribution in [0.15, 0.2) is 41.3 Å². The minimum atomic E-state index is -3.89. The first-order valence-electron chi connectivity index (χ1n) is 9.55. The van der Waals surface area contributed by atoms with E-state index in [1.165, 1.54) is 18.2 Å². The van der Waals surface area contributed by atoms with Gasteiger partial charge in [-0.1, -0.05) is 43.6 Å². The maximum absolute atomic E-state index is 13.0. The molecule has 0 atom stereocenters. The van der Waals surface area contributed by atoms with E-state index in [2.05, 4.69) is 5.32 Å². The Morgan fingerprint density at radius 3 is 2.48 bits per heavy atom. The fourth-order valence-electron chi connectivity index (χ4n) is 2.97. The Labute approximate surface area is 177 Å². The van der Waals surface area contributed by atoms with Crippen molar-refractivity contribution in [2.45, 2.75) is 39.0 Å². The molecule has 6 nitrogen and oxygen atoms in total. The molecule has 0 saturated carbocycles. The van der Waals surface area contributed by atoms with Crippen molar-refractivity contribution in [3.63, 3.8) is 0 Å². The summed E-state index contributed by atoms with van der Waals surface area (Å²) in [5.41, 5.74) is 2.67. The molecule has 0 aliphatic heterocycles. The highest BCUT2D eigenvalue weighted by molar-refractivity contribution is 7.89. The minimum Gasteiger partial charge on any atom is -0.492 e. The highest BCUT2D eigenvalue weighted by atomic mass is 35.5. The fraction of sp³-hybridized carbons (Fsp3) is 0.381. The smallest absolute Gasteiger partial charge is 0.243 e. The van der Waals surface area contributed by atoms with Gasteiger partial charge in [0.25, 0.3) is 0 Å². The number of benzene rings is 2. The molecule has 0 spiro atoms. The molecule has 0 radical (unpaired) electrons. The number of hydrogen-bond donors (Lipinski definition) is 1. The lowest BCUT2D eigenvalue weighted by atomic mass is 10.1. The molecule has 0 aliphatic carbocycles. The van der Waals surface area contributed by atoms with Crippen LogP contribution in [0.3, 0.4) is 0 Å². The molecule has 2 rings (SSSR count). The van der Waals surface area contributed by atoms with E-state index >= 15 is 0 Å². The van der Waals surface area contributed by atoms with Crippen molar-refractivity contribution in [2.75, 3.05) is 25.0 Å². The summed E-state index contributed by atoms with van der Waals surface area (Å²) in [6.45, 7) is 7.69. The van der Waals surface area contributed by atoms with Crippen LogP contribution in [0.5, 0.6) is 5.75 Å². The Morgan fingerprint density at radius 2 is 1.90 bits per heavy atom. The number of amides is 1. The molecular formula is C21H27ClN2O4S. The highest BCUT2D eigenvalue weighted by Gasteiger charge is 2.26. The summed E-state index contributed by atoms with van der Waals surface area (Å²) >= 11 is 6.14. The molecule has 0 aromatic heterocycles. The van der Waals surface area contributed by atoms with Gasteiger partial charge in [0.2, 0.25) is 15.9 Å². The standard InChI is InChI=1S/C21H27ClN2O4S/c1-5-16-10-8-9-15(4)21(16)23-20(25)14-24(6-2)29(26,27)17-11-12-19(28-7-3)18(22)13-17/h8-13H,5-7,14H2,1-4H3,(H,23,25). The molecular weight excluding hydrogens is 412 g/mol. The van der Waals surface area contributed by atoms with Gasteiger partial charge in [-0.2, -0.15) is 4.31 Å². The lowest BCUT2D eigenvalue weighted by Crippen LogP contribution is -2.38. The number of nitrogens with zero attached hydrogens (tertiary/aromatic N) is 1. The first-order valence-corrected chi connectivity index (χ1v) is 11.4. The zero-order valence-electron chi connectivity index (χ0n) is 17.2. The number of rotatable bonds is 9. The van der Waals surface area contributed by atoms with E-state index in [1.54, 1.807) is 6.92 Å². The third-order valence-corrected chi connectivity index (χ3v) is 6.73. The minimum absolute atomic E-state index is 0.0192. The molecule has 0 fully saturated rings. The molecule has 0 aliphatic rings. The summed E-state index contributed by atoms with van der Waals surface area (Å²) in [5.74, 6) is 0.0250. The summed E-state index contributed by atoms with van der Waals surface area (Å²) in [7, 11) is -3.89. The van der Waals surface area contributed by atoms with Gasteiger partial charge in [-0.25, -0.2) is 8.42 Å². The molecule has 8 heteroatoms. The topological polar surface area (TPSA) is 75.7 Å². The highest BCUT2D eigenvalue weighted by Crippen LogP contribution is 2.29. The number of ether oxygens (including phenoxy) is 1. The van der Waals surface area contributed by atoms with Gasteiger partial charge in [0.15, 0.2) is 0 Å². The molecule has 158 valence electrons. The molecule has 2 aromatic rings. The summed E-state index contributed by atoms with van der Waals surface area (Å²) in [4.78, 5) is 12.6. The van der Waals surface area contributed by atoms with Crippen molar-refractivity contribution >= 4 is 33.2 Å². The van der Waals surface area contributed by atoms with Crippen LogP contribution in [0, 0.1) is 6.92 Å². The van der Waals surface area contributed by atoms with Gasteiger partial charge in [0, 0.05) is 12.2 Å². The summed E-state index contributed by atoms with van der Waals surface area (Å²) in [5, 5.41) is 3.07. The second-order valence-electron chi connectivity index (χ2n) is 6.47. The number of sulfonamides is 1. The van der Waals surface area contributed by atoms with Gasteiger partial charge in [0.05, 0.1) is 23.1 Å². The monoisotopic (exact) mass is 438 g/mol. The Balaban J connectivity index is 2.22. The third-order valence-electron chi connectivity index (χ3n) is 4.52. The fourth-order valence-corrected chi connectivity index (χ4v) is 4.70. The van der Waals surface area contributed by atoms with Crippen LogP contribution in [0.25, 0.3) is 0 Å². The number of nitrogens with one attached hydrogen (secondary N) is 1. The molecule has 0 bridgehead atoms. The lowest BCUT2D eigenvalue weighted by molar-refractivity contribution is -0.116. The summed E-state index contributed by atoms with van der Waals surface area (Å²) < 4.78 is 32.5. The number of carbonyl (C=O) groups excluding carboxylic acids is 1. The predicted molar refractivity (Wildman–Crippen MR) is 116 cm³/mol. The molecule has 1 N–H and O–H groups in total. The first-order chi connectivity index (χ1) is 13.7. The Morgan fingerprint density at radius 1 is 1.17 bits per heavy atom. The van der Waals surface area contributed by atoms with E-state index in [9.17, 15) is 13.2 Å². The van der Waals surface area contributed by atoms with E-state index in [0.717, 1.165) is 27.5 Å². The SMILES string of the molecule is CCOc1ccc(S(=O)(=O)N(CC)CC(=O)Nc2c(C)cccc2CC)cc1Cl. The predicted octanol–water partition coefficient (Wildman–Crippen LogP) is 4.26. The van der Waals surface area contributed by atoms with E-state index in [-0.39, 0.29) is 23.0 Å². The van der Waals surface area contributed by atoms with Crippen LogP contribution in [0.1, 0.15) is 31.9 Å². The van der Waals surface area contributed by atoms with Crippen molar-refractivity contribution in [3.05, 3.63) is 52.5 Å². The van der Waals surface area contributed by atoms with Crippen molar-refractivity contribution in [2.24, 2.45) is 0 Å². The third kappa shape index (κ3) is 5.50. The van der Waals surface area contributed by atoms with Crippen LogP contribution >= 0.6 is 11.6 Å². The number of halogens is 1. The van der Waals surface area contributed by atoms with Crippen LogP contribution in [0.4, 0.5) is 5.69 Å².